The van der Waals surface area contributed by atoms with Crippen molar-refractivity contribution in [1.29, 1.82) is 0 Å². The van der Waals surface area contributed by atoms with Gasteiger partial charge in [0.2, 0.25) is 0 Å². The van der Waals surface area contributed by atoms with E-state index in [4.69, 9.17) is 0 Å². The van der Waals surface area contributed by atoms with Gasteiger partial charge in [-0.25, -0.2) is 9.37 Å². The number of nitrogens with zero attached hydrogens (tertiary/aromatic N) is 3. The number of fused-ring (bicyclic) bond motifs is 1. The van der Waals surface area contributed by atoms with Gasteiger partial charge in [0.15, 0.2) is 0 Å². The van der Waals surface area contributed by atoms with Crippen molar-refractivity contribution in [3.8, 4) is 0 Å². The van der Waals surface area contributed by atoms with Crippen LogP contribution in [0.2, 0.25) is 0 Å². The number of aryl methyl sites for hydroxylation is 2. The number of rotatable bonds is 5. The van der Waals surface area contributed by atoms with Crippen molar-refractivity contribution in [3.05, 3.63) is 82.7 Å². The summed E-state index contributed by atoms with van der Waals surface area (Å²) in [6.45, 7) is 4.76. The second-order valence-corrected chi connectivity index (χ2v) is 6.85. The Morgan fingerprint density at radius 2 is 1.96 bits per heavy atom. The number of benzene rings is 2. The number of nitrogens with one attached hydrogen (secondary N) is 2. The SMILES string of the molecule is Cc1cc2ncn(Cc3cc(C(=O)NCc4ccccc4F)n[nH]3)c2cc1C. The second-order valence-electron chi connectivity index (χ2n) is 6.85. The summed E-state index contributed by atoms with van der Waals surface area (Å²) in [5.41, 5.74) is 5.85. The van der Waals surface area contributed by atoms with Gasteiger partial charge >= 0.3 is 0 Å². The fourth-order valence-corrected chi connectivity index (χ4v) is 3.09. The first-order valence-corrected chi connectivity index (χ1v) is 8.99. The van der Waals surface area contributed by atoms with Crippen LogP contribution in [0.25, 0.3) is 11.0 Å². The van der Waals surface area contributed by atoms with Crippen LogP contribution in [0.5, 0.6) is 0 Å². The molecule has 0 spiro atoms. The zero-order chi connectivity index (χ0) is 19.7. The summed E-state index contributed by atoms with van der Waals surface area (Å²) in [6, 6.07) is 12.2. The molecule has 0 aliphatic carbocycles. The van der Waals surface area contributed by atoms with Crippen LogP contribution in [0.3, 0.4) is 0 Å². The molecule has 2 heterocycles. The third kappa shape index (κ3) is 3.51. The van der Waals surface area contributed by atoms with Crippen LogP contribution in [-0.2, 0) is 13.1 Å². The maximum absolute atomic E-state index is 13.7. The Bertz CT molecular complexity index is 1160. The molecule has 0 saturated heterocycles. The van der Waals surface area contributed by atoms with Crippen molar-refractivity contribution in [2.24, 2.45) is 0 Å². The molecule has 2 aromatic carbocycles. The highest BCUT2D eigenvalue weighted by Crippen LogP contribution is 2.19. The van der Waals surface area contributed by atoms with Gasteiger partial charge in [-0.2, -0.15) is 5.10 Å². The Labute approximate surface area is 161 Å². The quantitative estimate of drug-likeness (QED) is 0.559. The number of aromatic nitrogens is 4. The predicted molar refractivity (Wildman–Crippen MR) is 104 cm³/mol. The number of hydrogen-bond acceptors (Lipinski definition) is 3. The number of imidazole rings is 1. The lowest BCUT2D eigenvalue weighted by molar-refractivity contribution is 0.0945. The molecule has 0 atom stereocenters. The monoisotopic (exact) mass is 377 g/mol. The van der Waals surface area contributed by atoms with Gasteiger partial charge in [0.1, 0.15) is 11.5 Å². The highest BCUT2D eigenvalue weighted by molar-refractivity contribution is 5.92. The maximum atomic E-state index is 13.7. The van der Waals surface area contributed by atoms with Crippen LogP contribution in [0, 0.1) is 19.7 Å². The van der Waals surface area contributed by atoms with Gasteiger partial charge in [0, 0.05) is 12.1 Å². The average Bonchev–Trinajstić information content (AvgIpc) is 3.29. The van der Waals surface area contributed by atoms with Gasteiger partial charge in [0.05, 0.1) is 29.6 Å². The van der Waals surface area contributed by atoms with E-state index in [1.165, 1.54) is 17.2 Å². The van der Waals surface area contributed by atoms with Gasteiger partial charge < -0.3 is 9.88 Å². The Kier molecular flexibility index (Phi) is 4.65. The summed E-state index contributed by atoms with van der Waals surface area (Å²) in [4.78, 5) is 16.7. The summed E-state index contributed by atoms with van der Waals surface area (Å²) in [6.07, 6.45) is 1.78. The molecule has 1 amide bonds. The first-order valence-electron chi connectivity index (χ1n) is 8.99. The van der Waals surface area contributed by atoms with Gasteiger partial charge in [0.25, 0.3) is 5.91 Å². The van der Waals surface area contributed by atoms with E-state index in [9.17, 15) is 9.18 Å². The Balaban J connectivity index is 1.46. The summed E-state index contributed by atoms with van der Waals surface area (Å²) in [5, 5.41) is 9.66. The Morgan fingerprint density at radius 3 is 2.79 bits per heavy atom. The van der Waals surface area contributed by atoms with Crippen molar-refractivity contribution >= 4 is 16.9 Å². The standard InChI is InChI=1S/C21H20FN5O/c1-13-7-18-20(8-14(13)2)27(12-24-18)11-16-9-19(26-25-16)21(28)23-10-15-5-3-4-6-17(15)22/h3-9,12H,10-11H2,1-2H3,(H,23,28)(H,25,26). The molecule has 6 nitrogen and oxygen atoms in total. The minimum absolute atomic E-state index is 0.110. The van der Waals surface area contributed by atoms with E-state index in [-0.39, 0.29) is 24.0 Å². The maximum Gasteiger partial charge on any atom is 0.272 e. The Morgan fingerprint density at radius 1 is 1.18 bits per heavy atom. The van der Waals surface area contributed by atoms with Crippen LogP contribution in [-0.4, -0.2) is 25.7 Å². The van der Waals surface area contributed by atoms with Crippen molar-refractivity contribution in [3.63, 3.8) is 0 Å². The lowest BCUT2D eigenvalue weighted by Gasteiger charge is -2.05. The second kappa shape index (κ2) is 7.26. The van der Waals surface area contributed by atoms with Crippen molar-refractivity contribution in [2.45, 2.75) is 26.9 Å². The third-order valence-electron chi connectivity index (χ3n) is 4.84. The molecule has 0 saturated carbocycles. The van der Waals surface area contributed by atoms with Crippen LogP contribution >= 0.6 is 0 Å². The molecule has 142 valence electrons. The van der Waals surface area contributed by atoms with E-state index in [0.717, 1.165) is 16.7 Å². The minimum atomic E-state index is -0.354. The topological polar surface area (TPSA) is 75.6 Å². The van der Waals surface area contributed by atoms with Gasteiger partial charge in [-0.15, -0.1) is 0 Å². The number of halogens is 1. The predicted octanol–water partition coefficient (Wildman–Crippen LogP) is 3.49. The van der Waals surface area contributed by atoms with E-state index in [0.29, 0.717) is 12.1 Å². The lowest BCUT2D eigenvalue weighted by atomic mass is 10.1. The zero-order valence-electron chi connectivity index (χ0n) is 15.7. The van der Waals surface area contributed by atoms with Gasteiger partial charge in [-0.3, -0.25) is 9.89 Å². The lowest BCUT2D eigenvalue weighted by Crippen LogP contribution is -2.23. The molecule has 2 aromatic heterocycles. The van der Waals surface area contributed by atoms with Crippen LogP contribution in [0.4, 0.5) is 4.39 Å². The highest BCUT2D eigenvalue weighted by Gasteiger charge is 2.13. The van der Waals surface area contributed by atoms with Crippen LogP contribution in [0.15, 0.2) is 48.8 Å². The van der Waals surface area contributed by atoms with E-state index < -0.39 is 0 Å². The fourth-order valence-electron chi connectivity index (χ4n) is 3.09. The molecule has 0 fully saturated rings. The van der Waals surface area contributed by atoms with Crippen LogP contribution in [0.1, 0.15) is 32.9 Å². The van der Waals surface area contributed by atoms with Crippen molar-refractivity contribution in [2.75, 3.05) is 0 Å². The molecule has 4 rings (SSSR count). The number of carbonyl (C=O) groups excluding carboxylic acids is 1. The third-order valence-corrected chi connectivity index (χ3v) is 4.84. The normalized spacial score (nSPS) is 11.1. The van der Waals surface area contributed by atoms with E-state index >= 15 is 0 Å². The molecular weight excluding hydrogens is 357 g/mol. The molecular formula is C21H20FN5O. The number of H-pyrrole nitrogens is 1. The van der Waals surface area contributed by atoms with Crippen molar-refractivity contribution in [1.82, 2.24) is 25.1 Å². The first-order chi connectivity index (χ1) is 13.5. The molecule has 0 bridgehead atoms. The summed E-state index contributed by atoms with van der Waals surface area (Å²) >= 11 is 0. The molecule has 0 unspecified atom stereocenters. The van der Waals surface area contributed by atoms with E-state index in [1.807, 2.05) is 4.57 Å². The average molecular weight is 377 g/mol. The zero-order valence-corrected chi connectivity index (χ0v) is 15.7. The number of amides is 1. The summed E-state index contributed by atoms with van der Waals surface area (Å²) < 4.78 is 15.7. The minimum Gasteiger partial charge on any atom is -0.346 e. The first kappa shape index (κ1) is 17.9. The van der Waals surface area contributed by atoms with Gasteiger partial charge in [-0.1, -0.05) is 18.2 Å². The van der Waals surface area contributed by atoms with Crippen molar-refractivity contribution < 1.29 is 9.18 Å². The number of aromatic amines is 1. The smallest absolute Gasteiger partial charge is 0.272 e. The van der Waals surface area contributed by atoms with E-state index in [2.05, 4.69) is 46.5 Å². The molecule has 4 aromatic rings. The number of carbonyl (C=O) groups is 1. The fraction of sp³-hybridized carbons (Fsp3) is 0.190. The highest BCUT2D eigenvalue weighted by atomic mass is 19.1. The molecule has 7 heteroatoms. The molecule has 0 aliphatic rings. The Hall–Kier alpha value is -3.48. The largest absolute Gasteiger partial charge is 0.346 e. The van der Waals surface area contributed by atoms with Gasteiger partial charge in [-0.05, 0) is 49.2 Å². The van der Waals surface area contributed by atoms with Crippen LogP contribution < -0.4 is 5.32 Å². The molecule has 28 heavy (non-hydrogen) atoms. The molecule has 0 radical (unpaired) electrons. The molecule has 0 aliphatic heterocycles. The summed E-state index contributed by atoms with van der Waals surface area (Å²) in [7, 11) is 0. The molecule has 2 N–H and O–H groups in total. The summed E-state index contributed by atoms with van der Waals surface area (Å²) in [5.74, 6) is -0.698. The number of hydrogen-bond donors (Lipinski definition) is 2. The van der Waals surface area contributed by atoms with E-state index in [1.54, 1.807) is 30.6 Å².